The summed E-state index contributed by atoms with van der Waals surface area (Å²) < 4.78 is 0. The molecule has 0 saturated heterocycles. The highest BCUT2D eigenvalue weighted by atomic mass is 16.3. The van der Waals surface area contributed by atoms with E-state index in [0.29, 0.717) is 12.3 Å². The molecule has 2 rings (SSSR count). The van der Waals surface area contributed by atoms with Crippen molar-refractivity contribution in [3.63, 3.8) is 0 Å². The van der Waals surface area contributed by atoms with Crippen molar-refractivity contribution in [3.8, 4) is 0 Å². The van der Waals surface area contributed by atoms with Gasteiger partial charge in [0, 0.05) is 6.42 Å². The summed E-state index contributed by atoms with van der Waals surface area (Å²) in [6, 6.07) is 9.61. The maximum absolute atomic E-state index is 10.1. The lowest BCUT2D eigenvalue weighted by Crippen LogP contribution is -2.25. The van der Waals surface area contributed by atoms with Gasteiger partial charge in [0.15, 0.2) is 0 Å². The molecule has 0 bridgehead atoms. The van der Waals surface area contributed by atoms with E-state index in [1.807, 2.05) is 30.3 Å². The van der Waals surface area contributed by atoms with Crippen molar-refractivity contribution >= 4 is 0 Å². The molecule has 0 unspecified atom stereocenters. The Kier molecular flexibility index (Phi) is 4.57. The van der Waals surface area contributed by atoms with E-state index < -0.39 is 6.10 Å². The van der Waals surface area contributed by atoms with E-state index in [0.717, 1.165) is 18.4 Å². The smallest absolute Gasteiger partial charge is 0.0814 e. The van der Waals surface area contributed by atoms with Gasteiger partial charge in [-0.25, -0.2) is 0 Å². The second kappa shape index (κ2) is 6.18. The maximum Gasteiger partial charge on any atom is 0.0814 e. The van der Waals surface area contributed by atoms with E-state index in [-0.39, 0.29) is 6.10 Å². The molecule has 1 aliphatic carbocycles. The summed E-state index contributed by atoms with van der Waals surface area (Å²) in [7, 11) is 0. The Morgan fingerprint density at radius 2 is 1.65 bits per heavy atom. The maximum atomic E-state index is 10.1. The molecule has 2 nitrogen and oxygen atoms in total. The van der Waals surface area contributed by atoms with Crippen LogP contribution in [0.1, 0.15) is 50.2 Å². The van der Waals surface area contributed by atoms with Crippen LogP contribution < -0.4 is 0 Å². The highest BCUT2D eigenvalue weighted by Crippen LogP contribution is 2.30. The van der Waals surface area contributed by atoms with Crippen LogP contribution in [0.4, 0.5) is 0 Å². The van der Waals surface area contributed by atoms with Crippen LogP contribution >= 0.6 is 0 Å². The summed E-state index contributed by atoms with van der Waals surface area (Å²) in [6.45, 7) is 0. The number of hydrogen-bond acceptors (Lipinski definition) is 2. The molecule has 1 aromatic rings. The van der Waals surface area contributed by atoms with Gasteiger partial charge in [-0.15, -0.1) is 0 Å². The third-order valence-electron chi connectivity index (χ3n) is 3.84. The summed E-state index contributed by atoms with van der Waals surface area (Å²) in [6.07, 6.45) is 5.55. The van der Waals surface area contributed by atoms with Crippen LogP contribution in [0.5, 0.6) is 0 Å². The van der Waals surface area contributed by atoms with Gasteiger partial charge < -0.3 is 10.2 Å². The van der Waals surface area contributed by atoms with Gasteiger partial charge in [-0.2, -0.15) is 0 Å². The third-order valence-corrected chi connectivity index (χ3v) is 3.84. The van der Waals surface area contributed by atoms with E-state index in [2.05, 4.69) is 0 Å². The van der Waals surface area contributed by atoms with Gasteiger partial charge in [-0.3, -0.25) is 0 Å². The first-order valence-electron chi connectivity index (χ1n) is 6.68. The van der Waals surface area contributed by atoms with Crippen molar-refractivity contribution in [3.05, 3.63) is 35.9 Å². The predicted molar refractivity (Wildman–Crippen MR) is 68.6 cm³/mol. The SMILES string of the molecule is O[C@H](C[C@H](O)C1CCCCC1)c1ccccc1. The zero-order valence-corrected chi connectivity index (χ0v) is 10.3. The number of benzene rings is 1. The quantitative estimate of drug-likeness (QED) is 0.840. The molecule has 0 spiro atoms. The minimum atomic E-state index is -0.534. The first-order chi connectivity index (χ1) is 8.27. The lowest BCUT2D eigenvalue weighted by molar-refractivity contribution is 0.0304. The van der Waals surface area contributed by atoms with Gasteiger partial charge in [-0.05, 0) is 24.3 Å². The van der Waals surface area contributed by atoms with Crippen LogP contribution in [0, 0.1) is 5.92 Å². The Hall–Kier alpha value is -0.860. The topological polar surface area (TPSA) is 40.5 Å². The highest BCUT2D eigenvalue weighted by molar-refractivity contribution is 5.17. The van der Waals surface area contributed by atoms with Gasteiger partial charge >= 0.3 is 0 Å². The third kappa shape index (κ3) is 3.55. The van der Waals surface area contributed by atoms with Crippen molar-refractivity contribution in [2.75, 3.05) is 0 Å². The molecule has 0 radical (unpaired) electrons. The van der Waals surface area contributed by atoms with E-state index in [9.17, 15) is 10.2 Å². The Balaban J connectivity index is 1.87. The summed E-state index contributed by atoms with van der Waals surface area (Å²) in [4.78, 5) is 0. The fourth-order valence-corrected chi connectivity index (χ4v) is 2.75. The van der Waals surface area contributed by atoms with E-state index >= 15 is 0 Å². The largest absolute Gasteiger partial charge is 0.393 e. The predicted octanol–water partition coefficient (Wildman–Crippen LogP) is 3.05. The van der Waals surface area contributed by atoms with E-state index in [1.165, 1.54) is 19.3 Å². The Bertz CT molecular complexity index is 317. The zero-order chi connectivity index (χ0) is 12.1. The molecule has 17 heavy (non-hydrogen) atoms. The van der Waals surface area contributed by atoms with Crippen molar-refractivity contribution in [1.29, 1.82) is 0 Å². The normalized spacial score (nSPS) is 21.1. The molecule has 1 aromatic carbocycles. The summed E-state index contributed by atoms with van der Waals surface area (Å²) in [5.74, 6) is 0.391. The molecule has 2 heteroatoms. The molecule has 0 heterocycles. The van der Waals surface area contributed by atoms with Crippen LogP contribution in [0.2, 0.25) is 0 Å². The van der Waals surface area contributed by atoms with Crippen molar-refractivity contribution in [2.24, 2.45) is 5.92 Å². The minimum Gasteiger partial charge on any atom is -0.393 e. The van der Waals surface area contributed by atoms with Gasteiger partial charge in [-0.1, -0.05) is 49.6 Å². The van der Waals surface area contributed by atoms with Gasteiger partial charge in [0.05, 0.1) is 12.2 Å². The summed E-state index contributed by atoms with van der Waals surface area (Å²) >= 11 is 0. The molecular formula is C15H22O2. The fourth-order valence-electron chi connectivity index (χ4n) is 2.75. The fraction of sp³-hybridized carbons (Fsp3) is 0.600. The van der Waals surface area contributed by atoms with Crippen LogP contribution in [-0.4, -0.2) is 16.3 Å². The van der Waals surface area contributed by atoms with Crippen molar-refractivity contribution < 1.29 is 10.2 Å². The standard InChI is InChI=1S/C15H22O2/c16-14(12-7-3-1-4-8-12)11-15(17)13-9-5-2-6-10-13/h1,3-4,7-8,13-17H,2,5-6,9-11H2/t14-,15+/m1/s1. The summed E-state index contributed by atoms with van der Waals surface area (Å²) in [5.41, 5.74) is 0.905. The second-order valence-corrected chi connectivity index (χ2v) is 5.13. The van der Waals surface area contributed by atoms with E-state index in [4.69, 9.17) is 0 Å². The lowest BCUT2D eigenvalue weighted by Gasteiger charge is -2.28. The number of hydrogen-bond donors (Lipinski definition) is 2. The second-order valence-electron chi connectivity index (χ2n) is 5.13. The average Bonchev–Trinajstić information content (AvgIpc) is 2.40. The van der Waals surface area contributed by atoms with Crippen LogP contribution in [0.15, 0.2) is 30.3 Å². The lowest BCUT2D eigenvalue weighted by atomic mass is 9.83. The molecule has 1 aliphatic rings. The molecule has 0 aromatic heterocycles. The zero-order valence-electron chi connectivity index (χ0n) is 10.3. The average molecular weight is 234 g/mol. The van der Waals surface area contributed by atoms with Gasteiger partial charge in [0.1, 0.15) is 0 Å². The molecule has 2 atom stereocenters. The van der Waals surface area contributed by atoms with Crippen LogP contribution in [0.25, 0.3) is 0 Å². The molecule has 2 N–H and O–H groups in total. The first kappa shape index (κ1) is 12.6. The Labute approximate surface area is 103 Å². The van der Waals surface area contributed by atoms with Crippen molar-refractivity contribution in [2.45, 2.75) is 50.7 Å². The number of aliphatic hydroxyl groups is 2. The molecule has 0 aliphatic heterocycles. The van der Waals surface area contributed by atoms with Crippen LogP contribution in [0.3, 0.4) is 0 Å². The molecule has 94 valence electrons. The number of aliphatic hydroxyl groups excluding tert-OH is 2. The molecule has 1 fully saturated rings. The Morgan fingerprint density at radius 3 is 2.29 bits per heavy atom. The molecular weight excluding hydrogens is 212 g/mol. The molecule has 0 amide bonds. The first-order valence-corrected chi connectivity index (χ1v) is 6.68. The summed E-state index contributed by atoms with van der Waals surface area (Å²) in [5, 5.41) is 20.2. The van der Waals surface area contributed by atoms with Gasteiger partial charge in [0.2, 0.25) is 0 Å². The highest BCUT2D eigenvalue weighted by Gasteiger charge is 2.24. The monoisotopic (exact) mass is 234 g/mol. The minimum absolute atomic E-state index is 0.356. The van der Waals surface area contributed by atoms with E-state index in [1.54, 1.807) is 0 Å². The van der Waals surface area contributed by atoms with Crippen molar-refractivity contribution in [1.82, 2.24) is 0 Å². The molecule has 1 saturated carbocycles. The van der Waals surface area contributed by atoms with Gasteiger partial charge in [0.25, 0.3) is 0 Å². The Morgan fingerprint density at radius 1 is 1.00 bits per heavy atom. The van der Waals surface area contributed by atoms with Crippen LogP contribution in [-0.2, 0) is 0 Å². The number of rotatable bonds is 4.